The van der Waals surface area contributed by atoms with Gasteiger partial charge in [-0.05, 0) is 41.3 Å². The number of amides is 1. The van der Waals surface area contributed by atoms with Crippen molar-refractivity contribution in [2.75, 3.05) is 19.4 Å². The zero-order valence-electron chi connectivity index (χ0n) is 17.3. The van der Waals surface area contributed by atoms with Crippen molar-refractivity contribution in [1.82, 2.24) is 14.9 Å². The van der Waals surface area contributed by atoms with Crippen LogP contribution in [0.1, 0.15) is 36.0 Å². The number of thiophene rings is 1. The van der Waals surface area contributed by atoms with Crippen molar-refractivity contribution >= 4 is 49.9 Å². The molecule has 4 aromatic rings. The zero-order chi connectivity index (χ0) is 20.8. The van der Waals surface area contributed by atoms with Crippen LogP contribution in [0.25, 0.3) is 21.0 Å². The van der Waals surface area contributed by atoms with E-state index in [1.54, 1.807) is 19.0 Å². The number of carbonyl (C=O) groups excluding carboxylic acids is 1. The summed E-state index contributed by atoms with van der Waals surface area (Å²) < 4.78 is 1.04. The van der Waals surface area contributed by atoms with Gasteiger partial charge in [-0.15, -0.1) is 11.3 Å². The number of hydrogen-bond acceptors (Lipinski definition) is 5. The number of hydrogen-bond donors (Lipinski definition) is 1. The van der Waals surface area contributed by atoms with Gasteiger partial charge in [0.2, 0.25) is 5.95 Å². The molecular formula is C23H24N4OS. The molecule has 2 aromatic heterocycles. The predicted molar refractivity (Wildman–Crippen MR) is 121 cm³/mol. The van der Waals surface area contributed by atoms with Crippen LogP contribution in [0.2, 0.25) is 0 Å². The summed E-state index contributed by atoms with van der Waals surface area (Å²) in [4.78, 5) is 23.9. The number of carbonyl (C=O) groups is 1. The highest BCUT2D eigenvalue weighted by molar-refractivity contribution is 7.21. The maximum Gasteiger partial charge on any atom is 0.263 e. The van der Waals surface area contributed by atoms with Gasteiger partial charge < -0.3 is 10.2 Å². The van der Waals surface area contributed by atoms with Crippen LogP contribution >= 0.6 is 11.3 Å². The monoisotopic (exact) mass is 404 g/mol. The minimum Gasteiger partial charge on any atom is -0.344 e. The maximum atomic E-state index is 12.4. The number of aromatic nitrogens is 2. The lowest BCUT2D eigenvalue weighted by Gasteiger charge is -2.19. The molecule has 29 heavy (non-hydrogen) atoms. The van der Waals surface area contributed by atoms with Crippen molar-refractivity contribution in [3.63, 3.8) is 0 Å². The van der Waals surface area contributed by atoms with E-state index < -0.39 is 0 Å². The molecule has 0 fully saturated rings. The summed E-state index contributed by atoms with van der Waals surface area (Å²) in [5.74, 6) is 0.550. The molecule has 0 saturated heterocycles. The lowest BCUT2D eigenvalue weighted by molar-refractivity contribution is 0.0832. The van der Waals surface area contributed by atoms with Gasteiger partial charge in [-0.1, -0.05) is 32.9 Å². The minimum absolute atomic E-state index is 0.00532. The first-order valence-corrected chi connectivity index (χ1v) is 10.3. The SMILES string of the molecule is CN(C)C(=O)c1cc2c(ccc3cnc(Nc4cccc(C(C)(C)C)c4)nc32)s1. The lowest BCUT2D eigenvalue weighted by Crippen LogP contribution is -2.20. The van der Waals surface area contributed by atoms with Crippen LogP contribution in [0.3, 0.4) is 0 Å². The fourth-order valence-electron chi connectivity index (χ4n) is 3.19. The van der Waals surface area contributed by atoms with Crippen LogP contribution in [-0.2, 0) is 5.41 Å². The molecule has 148 valence electrons. The quantitative estimate of drug-likeness (QED) is 0.484. The highest BCUT2D eigenvalue weighted by atomic mass is 32.1. The highest BCUT2D eigenvalue weighted by Gasteiger charge is 2.16. The molecule has 6 heteroatoms. The Morgan fingerprint density at radius 3 is 2.62 bits per heavy atom. The Morgan fingerprint density at radius 2 is 1.90 bits per heavy atom. The van der Waals surface area contributed by atoms with Gasteiger partial charge in [-0.2, -0.15) is 0 Å². The Labute approximate surface area is 174 Å². The standard InChI is InChI=1S/C23H24N4OS/c1-23(2,3)15-7-6-8-16(11-15)25-22-24-13-14-9-10-18-17(20(14)26-22)12-19(29-18)21(28)27(4)5/h6-13H,1-5H3,(H,24,25,26). The molecule has 0 spiro atoms. The third-order valence-corrected chi connectivity index (χ3v) is 5.94. The molecule has 1 amide bonds. The summed E-state index contributed by atoms with van der Waals surface area (Å²) >= 11 is 1.49. The van der Waals surface area contributed by atoms with Crippen LogP contribution in [0.15, 0.2) is 48.7 Å². The van der Waals surface area contributed by atoms with E-state index in [-0.39, 0.29) is 11.3 Å². The first kappa shape index (κ1) is 19.3. The third-order valence-electron chi connectivity index (χ3n) is 4.85. The Kier molecular flexibility index (Phi) is 4.74. The van der Waals surface area contributed by atoms with Gasteiger partial charge in [0.15, 0.2) is 0 Å². The maximum absolute atomic E-state index is 12.4. The molecule has 0 bridgehead atoms. The molecular weight excluding hydrogens is 380 g/mol. The van der Waals surface area contributed by atoms with E-state index in [2.05, 4.69) is 43.2 Å². The van der Waals surface area contributed by atoms with Gasteiger partial charge in [0.05, 0.1) is 10.4 Å². The van der Waals surface area contributed by atoms with Crippen molar-refractivity contribution in [3.8, 4) is 0 Å². The van der Waals surface area contributed by atoms with Crippen LogP contribution in [-0.4, -0.2) is 34.9 Å². The molecule has 1 N–H and O–H groups in total. The summed E-state index contributed by atoms with van der Waals surface area (Å²) in [7, 11) is 3.53. The van der Waals surface area contributed by atoms with Crippen LogP contribution in [0.4, 0.5) is 11.6 Å². The highest BCUT2D eigenvalue weighted by Crippen LogP contribution is 2.32. The number of rotatable bonds is 3. The molecule has 0 unspecified atom stereocenters. The van der Waals surface area contributed by atoms with E-state index >= 15 is 0 Å². The molecule has 0 aliphatic rings. The first-order chi connectivity index (χ1) is 13.7. The van der Waals surface area contributed by atoms with Crippen molar-refractivity contribution in [3.05, 3.63) is 59.1 Å². The number of fused-ring (bicyclic) bond motifs is 3. The Bertz CT molecular complexity index is 1220. The average Bonchev–Trinajstić information content (AvgIpc) is 3.11. The van der Waals surface area contributed by atoms with Gasteiger partial charge >= 0.3 is 0 Å². The van der Waals surface area contributed by atoms with E-state index in [1.807, 2.05) is 36.5 Å². The Balaban J connectivity index is 1.75. The van der Waals surface area contributed by atoms with Crippen LogP contribution in [0.5, 0.6) is 0 Å². The van der Waals surface area contributed by atoms with E-state index in [0.717, 1.165) is 26.7 Å². The Morgan fingerprint density at radius 1 is 1.10 bits per heavy atom. The van der Waals surface area contributed by atoms with Gasteiger partial charge in [0, 0.05) is 41.5 Å². The summed E-state index contributed by atoms with van der Waals surface area (Å²) in [6.07, 6.45) is 1.82. The molecule has 4 rings (SSSR count). The fraction of sp³-hybridized carbons (Fsp3) is 0.261. The minimum atomic E-state index is 0.00532. The first-order valence-electron chi connectivity index (χ1n) is 9.51. The molecule has 0 aliphatic heterocycles. The van der Waals surface area contributed by atoms with Crippen LogP contribution < -0.4 is 5.32 Å². The zero-order valence-corrected chi connectivity index (χ0v) is 18.1. The number of nitrogens with one attached hydrogen (secondary N) is 1. The average molecular weight is 405 g/mol. The summed E-state index contributed by atoms with van der Waals surface area (Å²) in [5.41, 5.74) is 3.12. The largest absolute Gasteiger partial charge is 0.344 e. The Hall–Kier alpha value is -2.99. The number of anilines is 2. The second kappa shape index (κ2) is 7.12. The van der Waals surface area contributed by atoms with Gasteiger partial charge in [0.25, 0.3) is 5.91 Å². The predicted octanol–water partition coefficient (Wildman–Crippen LogP) is 5.59. The third kappa shape index (κ3) is 3.80. The molecule has 0 radical (unpaired) electrons. The molecule has 0 saturated carbocycles. The lowest BCUT2D eigenvalue weighted by atomic mass is 9.87. The fourth-order valence-corrected chi connectivity index (χ4v) is 4.27. The van der Waals surface area contributed by atoms with Crippen LogP contribution in [0, 0.1) is 0 Å². The van der Waals surface area contributed by atoms with E-state index in [1.165, 1.54) is 16.9 Å². The van der Waals surface area contributed by atoms with Gasteiger partial charge in [-0.25, -0.2) is 9.97 Å². The number of benzene rings is 2. The van der Waals surface area contributed by atoms with Crippen molar-refractivity contribution in [2.24, 2.45) is 0 Å². The molecule has 5 nitrogen and oxygen atoms in total. The smallest absolute Gasteiger partial charge is 0.263 e. The van der Waals surface area contributed by atoms with Gasteiger partial charge in [0.1, 0.15) is 0 Å². The summed E-state index contributed by atoms with van der Waals surface area (Å²) in [6.45, 7) is 6.58. The molecule has 2 heterocycles. The van der Waals surface area contributed by atoms with Crippen molar-refractivity contribution < 1.29 is 4.79 Å². The van der Waals surface area contributed by atoms with E-state index in [9.17, 15) is 4.79 Å². The van der Waals surface area contributed by atoms with Crippen molar-refractivity contribution in [1.29, 1.82) is 0 Å². The second-order valence-electron chi connectivity index (χ2n) is 8.37. The molecule has 0 aliphatic carbocycles. The summed E-state index contributed by atoms with van der Waals surface area (Å²) in [5, 5.41) is 5.26. The second-order valence-corrected chi connectivity index (χ2v) is 9.46. The molecule has 0 atom stereocenters. The van der Waals surface area contributed by atoms with E-state index in [4.69, 9.17) is 4.98 Å². The summed E-state index contributed by atoms with van der Waals surface area (Å²) in [6, 6.07) is 14.3. The van der Waals surface area contributed by atoms with Crippen molar-refractivity contribution in [2.45, 2.75) is 26.2 Å². The van der Waals surface area contributed by atoms with E-state index in [0.29, 0.717) is 10.8 Å². The number of nitrogens with zero attached hydrogens (tertiary/aromatic N) is 3. The van der Waals surface area contributed by atoms with Gasteiger partial charge in [-0.3, -0.25) is 4.79 Å². The topological polar surface area (TPSA) is 58.1 Å². The molecule has 2 aromatic carbocycles. The normalized spacial score (nSPS) is 11.8.